The number of hydrogen-bond donors (Lipinski definition) is 2. The average Bonchev–Trinajstić information content (AvgIpc) is 2.56. The summed E-state index contributed by atoms with van der Waals surface area (Å²) in [5.74, 6) is 6.86. The van der Waals surface area contributed by atoms with Crippen LogP contribution < -0.4 is 21.1 Å². The van der Waals surface area contributed by atoms with Gasteiger partial charge in [-0.3, -0.25) is 5.43 Å². The first-order valence-electron chi connectivity index (χ1n) is 6.95. The van der Waals surface area contributed by atoms with Crippen molar-refractivity contribution in [3.05, 3.63) is 0 Å². The summed E-state index contributed by atoms with van der Waals surface area (Å²) in [6, 6.07) is 2.13. The lowest BCUT2D eigenvalue weighted by Crippen LogP contribution is -2.38. The van der Waals surface area contributed by atoms with Gasteiger partial charge >= 0.3 is 0 Å². The number of morpholine rings is 1. The minimum atomic E-state index is 0.317. The van der Waals surface area contributed by atoms with Gasteiger partial charge in [0.2, 0.25) is 17.8 Å². The average molecular weight is 292 g/mol. The maximum absolute atomic E-state index is 8.73. The van der Waals surface area contributed by atoms with Gasteiger partial charge in [0.15, 0.2) is 0 Å². The first-order chi connectivity index (χ1) is 10.3. The van der Waals surface area contributed by atoms with E-state index in [1.807, 2.05) is 16.7 Å². The number of ether oxygens (including phenoxy) is 1. The number of nitrogens with one attached hydrogen (secondary N) is 1. The van der Waals surface area contributed by atoms with Crippen molar-refractivity contribution < 1.29 is 4.74 Å². The maximum Gasteiger partial charge on any atom is 0.243 e. The quantitative estimate of drug-likeness (QED) is 0.540. The number of rotatable bonds is 6. The van der Waals surface area contributed by atoms with Crippen LogP contribution >= 0.6 is 0 Å². The molecule has 1 aromatic heterocycles. The van der Waals surface area contributed by atoms with Gasteiger partial charge in [-0.05, 0) is 6.92 Å². The van der Waals surface area contributed by atoms with Crippen LogP contribution in [-0.4, -0.2) is 54.3 Å². The zero-order valence-corrected chi connectivity index (χ0v) is 12.1. The van der Waals surface area contributed by atoms with E-state index in [9.17, 15) is 0 Å². The summed E-state index contributed by atoms with van der Waals surface area (Å²) in [5.41, 5.74) is 2.47. The Morgan fingerprint density at radius 2 is 2.14 bits per heavy atom. The van der Waals surface area contributed by atoms with Crippen molar-refractivity contribution in [2.45, 2.75) is 13.3 Å². The number of anilines is 3. The zero-order chi connectivity index (χ0) is 15.1. The number of hydrazine groups is 1. The molecule has 3 N–H and O–H groups in total. The monoisotopic (exact) mass is 292 g/mol. The molecule has 1 fully saturated rings. The summed E-state index contributed by atoms with van der Waals surface area (Å²) in [4.78, 5) is 17.0. The molecule has 2 heterocycles. The van der Waals surface area contributed by atoms with Crippen molar-refractivity contribution in [1.29, 1.82) is 5.26 Å². The number of nitrogen functional groups attached to an aromatic ring is 1. The van der Waals surface area contributed by atoms with Crippen molar-refractivity contribution >= 4 is 17.8 Å². The first kappa shape index (κ1) is 15.2. The highest BCUT2D eigenvalue weighted by Gasteiger charge is 2.18. The molecule has 2 rings (SSSR count). The third-order valence-electron chi connectivity index (χ3n) is 3.19. The summed E-state index contributed by atoms with van der Waals surface area (Å²) in [5, 5.41) is 8.73. The highest BCUT2D eigenvalue weighted by atomic mass is 16.5. The lowest BCUT2D eigenvalue weighted by molar-refractivity contribution is 0.122. The summed E-state index contributed by atoms with van der Waals surface area (Å²) in [7, 11) is 0. The molecule has 1 aliphatic rings. The first-order valence-corrected chi connectivity index (χ1v) is 6.95. The summed E-state index contributed by atoms with van der Waals surface area (Å²) >= 11 is 0. The van der Waals surface area contributed by atoms with Crippen LogP contribution in [0.5, 0.6) is 0 Å². The largest absolute Gasteiger partial charge is 0.378 e. The number of aromatic nitrogens is 3. The van der Waals surface area contributed by atoms with Crippen LogP contribution in [0.25, 0.3) is 0 Å². The molecular weight excluding hydrogens is 272 g/mol. The minimum absolute atomic E-state index is 0.317. The molecule has 0 radical (unpaired) electrons. The van der Waals surface area contributed by atoms with E-state index in [1.165, 1.54) is 0 Å². The van der Waals surface area contributed by atoms with E-state index in [-0.39, 0.29) is 0 Å². The summed E-state index contributed by atoms with van der Waals surface area (Å²) in [6.45, 7) is 6.04. The second-order valence-corrected chi connectivity index (χ2v) is 4.49. The van der Waals surface area contributed by atoms with Crippen LogP contribution in [0.15, 0.2) is 0 Å². The Hall–Kier alpha value is -2.18. The minimum Gasteiger partial charge on any atom is -0.378 e. The van der Waals surface area contributed by atoms with Gasteiger partial charge in [-0.1, -0.05) is 0 Å². The van der Waals surface area contributed by atoms with E-state index in [4.69, 9.17) is 15.8 Å². The molecule has 0 spiro atoms. The Kier molecular flexibility index (Phi) is 5.48. The number of hydrogen-bond acceptors (Lipinski definition) is 9. The molecule has 0 saturated carbocycles. The number of nitrogens with zero attached hydrogens (tertiary/aromatic N) is 6. The van der Waals surface area contributed by atoms with Crippen LogP contribution in [-0.2, 0) is 4.74 Å². The van der Waals surface area contributed by atoms with Crippen molar-refractivity contribution in [2.24, 2.45) is 5.84 Å². The van der Waals surface area contributed by atoms with Crippen molar-refractivity contribution in [1.82, 2.24) is 15.0 Å². The molecular formula is C12H20N8O. The highest BCUT2D eigenvalue weighted by Crippen LogP contribution is 2.17. The smallest absolute Gasteiger partial charge is 0.243 e. The normalized spacial score (nSPS) is 14.6. The molecule has 0 unspecified atom stereocenters. The lowest BCUT2D eigenvalue weighted by Gasteiger charge is -2.28. The Morgan fingerprint density at radius 1 is 1.38 bits per heavy atom. The predicted molar refractivity (Wildman–Crippen MR) is 78.8 cm³/mol. The van der Waals surface area contributed by atoms with Crippen LogP contribution in [0.3, 0.4) is 0 Å². The van der Waals surface area contributed by atoms with Crippen LogP contribution in [0.2, 0.25) is 0 Å². The second kappa shape index (κ2) is 7.56. The van der Waals surface area contributed by atoms with E-state index in [1.54, 1.807) is 0 Å². The van der Waals surface area contributed by atoms with Crippen LogP contribution in [0.1, 0.15) is 13.3 Å². The molecule has 0 amide bonds. The fraction of sp³-hybridized carbons (Fsp3) is 0.667. The molecule has 9 heteroatoms. The van der Waals surface area contributed by atoms with Crippen LogP contribution in [0.4, 0.5) is 17.8 Å². The van der Waals surface area contributed by atoms with Crippen molar-refractivity contribution in [2.75, 3.05) is 54.6 Å². The Balaban J connectivity index is 2.25. The fourth-order valence-electron chi connectivity index (χ4n) is 2.05. The molecule has 0 aliphatic carbocycles. The molecule has 9 nitrogen and oxygen atoms in total. The van der Waals surface area contributed by atoms with Crippen LogP contribution in [0, 0.1) is 11.3 Å². The third kappa shape index (κ3) is 3.90. The van der Waals surface area contributed by atoms with E-state index in [0.717, 1.165) is 13.1 Å². The number of nitriles is 1. The van der Waals surface area contributed by atoms with Gasteiger partial charge in [0.1, 0.15) is 0 Å². The van der Waals surface area contributed by atoms with Gasteiger partial charge in [-0.15, -0.1) is 0 Å². The standard InChI is InChI=1S/C12H20N8O/c1-2-19(5-3-4-13)11-15-10(18-14)16-12(17-11)20-6-8-21-9-7-20/h2-3,5-9,14H2,1H3,(H,15,16,17,18). The van der Waals surface area contributed by atoms with Gasteiger partial charge in [-0.25, -0.2) is 5.84 Å². The molecule has 114 valence electrons. The summed E-state index contributed by atoms with van der Waals surface area (Å²) in [6.07, 6.45) is 0.414. The third-order valence-corrected chi connectivity index (χ3v) is 3.19. The van der Waals surface area contributed by atoms with Gasteiger partial charge < -0.3 is 14.5 Å². The molecule has 0 aromatic carbocycles. The van der Waals surface area contributed by atoms with E-state index in [2.05, 4.69) is 26.4 Å². The molecule has 1 saturated heterocycles. The van der Waals surface area contributed by atoms with Crippen molar-refractivity contribution in [3.63, 3.8) is 0 Å². The van der Waals surface area contributed by atoms with E-state index in [0.29, 0.717) is 50.6 Å². The SMILES string of the molecule is CCN(CCC#N)c1nc(NN)nc(N2CCOCC2)n1. The molecule has 1 aromatic rings. The van der Waals surface area contributed by atoms with E-state index >= 15 is 0 Å². The zero-order valence-electron chi connectivity index (χ0n) is 12.1. The molecule has 1 aliphatic heterocycles. The summed E-state index contributed by atoms with van der Waals surface area (Å²) < 4.78 is 5.33. The fourth-order valence-corrected chi connectivity index (χ4v) is 2.05. The topological polar surface area (TPSA) is 116 Å². The van der Waals surface area contributed by atoms with Gasteiger partial charge in [0.05, 0.1) is 25.7 Å². The van der Waals surface area contributed by atoms with Gasteiger partial charge in [-0.2, -0.15) is 20.2 Å². The Labute approximate surface area is 123 Å². The molecule has 0 atom stereocenters. The second-order valence-electron chi connectivity index (χ2n) is 4.49. The molecule has 0 bridgehead atoms. The predicted octanol–water partition coefficient (Wildman–Crippen LogP) is -0.266. The number of nitrogens with two attached hydrogens (primary N) is 1. The van der Waals surface area contributed by atoms with Crippen molar-refractivity contribution in [3.8, 4) is 6.07 Å². The Bertz CT molecular complexity index is 497. The highest BCUT2D eigenvalue weighted by molar-refractivity contribution is 5.45. The van der Waals surface area contributed by atoms with E-state index < -0.39 is 0 Å². The Morgan fingerprint density at radius 3 is 2.76 bits per heavy atom. The molecule has 21 heavy (non-hydrogen) atoms. The lowest BCUT2D eigenvalue weighted by atomic mass is 10.4. The maximum atomic E-state index is 8.73. The van der Waals surface area contributed by atoms with Gasteiger partial charge in [0.25, 0.3) is 0 Å². The van der Waals surface area contributed by atoms with Gasteiger partial charge in [0, 0.05) is 26.2 Å².